The molecule has 0 saturated carbocycles. The molecular formula is C9H13NO. The number of benzene rings is 1. The third kappa shape index (κ3) is 1.95. The van der Waals surface area contributed by atoms with Crippen LogP contribution in [-0.2, 0) is 0 Å². The monoisotopic (exact) mass is 151 g/mol. The van der Waals surface area contributed by atoms with Gasteiger partial charge in [0, 0.05) is 6.54 Å². The first kappa shape index (κ1) is 8.08. The lowest BCUT2D eigenvalue weighted by molar-refractivity contribution is 0.260. The highest BCUT2D eigenvalue weighted by Crippen LogP contribution is 2.12. The summed E-state index contributed by atoms with van der Waals surface area (Å²) in [6.07, 6.45) is 0. The van der Waals surface area contributed by atoms with E-state index in [0.717, 1.165) is 11.3 Å². The molecule has 1 aromatic carbocycles. The van der Waals surface area contributed by atoms with E-state index in [-0.39, 0.29) is 0 Å². The molecule has 11 heavy (non-hydrogen) atoms. The summed E-state index contributed by atoms with van der Waals surface area (Å²) >= 11 is 0. The molecule has 60 valence electrons. The zero-order chi connectivity index (χ0) is 8.27. The van der Waals surface area contributed by atoms with Crippen LogP contribution in [-0.4, -0.2) is 11.8 Å². The molecule has 0 unspecified atom stereocenters. The van der Waals surface area contributed by atoms with E-state index in [1.807, 2.05) is 38.1 Å². The van der Waals surface area contributed by atoms with Crippen molar-refractivity contribution in [1.82, 2.24) is 0 Å². The van der Waals surface area contributed by atoms with Crippen LogP contribution in [0.5, 0.6) is 0 Å². The summed E-state index contributed by atoms with van der Waals surface area (Å²) in [5.41, 5.74) is 2.02. The molecule has 0 atom stereocenters. The van der Waals surface area contributed by atoms with Gasteiger partial charge in [-0.1, -0.05) is 12.1 Å². The second-order valence-electron chi connectivity index (χ2n) is 2.55. The highest BCUT2D eigenvalue weighted by atomic mass is 16.5. The summed E-state index contributed by atoms with van der Waals surface area (Å²) in [6.45, 7) is 4.53. The first-order valence-electron chi connectivity index (χ1n) is 3.77. The van der Waals surface area contributed by atoms with Gasteiger partial charge in [0.25, 0.3) is 0 Å². The largest absolute Gasteiger partial charge is 0.288 e. The number of hydrogen-bond donors (Lipinski definition) is 1. The number of nitrogens with zero attached hydrogens (tertiary/aromatic N) is 1. The van der Waals surface area contributed by atoms with Gasteiger partial charge in [-0.2, -0.15) is 0 Å². The van der Waals surface area contributed by atoms with E-state index in [1.54, 1.807) is 0 Å². The first-order chi connectivity index (χ1) is 5.24. The van der Waals surface area contributed by atoms with Crippen molar-refractivity contribution in [1.29, 1.82) is 0 Å². The zero-order valence-electron chi connectivity index (χ0n) is 6.91. The Hall–Kier alpha value is -1.02. The minimum atomic E-state index is 0.615. The molecule has 0 aliphatic heterocycles. The summed E-state index contributed by atoms with van der Waals surface area (Å²) in [7, 11) is 0. The van der Waals surface area contributed by atoms with Crippen LogP contribution in [0.4, 0.5) is 5.69 Å². The van der Waals surface area contributed by atoms with Crippen LogP contribution < -0.4 is 5.06 Å². The quantitative estimate of drug-likeness (QED) is 0.655. The SMILES string of the molecule is CCN(O)c1cccc(C)c1. The van der Waals surface area contributed by atoms with Gasteiger partial charge in [-0.15, -0.1) is 0 Å². The van der Waals surface area contributed by atoms with Crippen molar-refractivity contribution in [3.63, 3.8) is 0 Å². The number of aryl methyl sites for hydroxylation is 1. The van der Waals surface area contributed by atoms with Gasteiger partial charge in [0.2, 0.25) is 0 Å². The van der Waals surface area contributed by atoms with Crippen molar-refractivity contribution in [3.8, 4) is 0 Å². The van der Waals surface area contributed by atoms with Crippen LogP contribution in [0.2, 0.25) is 0 Å². The number of rotatable bonds is 2. The molecule has 0 aliphatic carbocycles. The van der Waals surface area contributed by atoms with Gasteiger partial charge in [0.15, 0.2) is 0 Å². The number of hydrogen-bond acceptors (Lipinski definition) is 2. The molecule has 1 aromatic rings. The molecule has 1 rings (SSSR count). The molecule has 1 N–H and O–H groups in total. The van der Waals surface area contributed by atoms with Crippen molar-refractivity contribution < 1.29 is 5.21 Å². The lowest BCUT2D eigenvalue weighted by Crippen LogP contribution is -2.16. The molecule has 0 radical (unpaired) electrons. The predicted molar refractivity (Wildman–Crippen MR) is 46.0 cm³/mol. The summed E-state index contributed by atoms with van der Waals surface area (Å²) in [5, 5.41) is 10.5. The van der Waals surface area contributed by atoms with Crippen LogP contribution in [0.1, 0.15) is 12.5 Å². The van der Waals surface area contributed by atoms with Crippen molar-refractivity contribution >= 4 is 5.69 Å². The van der Waals surface area contributed by atoms with E-state index in [2.05, 4.69) is 0 Å². The Morgan fingerprint density at radius 3 is 2.73 bits per heavy atom. The van der Waals surface area contributed by atoms with Gasteiger partial charge < -0.3 is 0 Å². The van der Waals surface area contributed by atoms with Crippen LogP contribution in [0.3, 0.4) is 0 Å². The van der Waals surface area contributed by atoms with Gasteiger partial charge in [-0.05, 0) is 31.5 Å². The van der Waals surface area contributed by atoms with E-state index in [1.165, 1.54) is 5.06 Å². The smallest absolute Gasteiger partial charge is 0.0636 e. The highest BCUT2D eigenvalue weighted by Gasteiger charge is 1.97. The Bertz CT molecular complexity index is 235. The molecule has 0 aromatic heterocycles. The zero-order valence-corrected chi connectivity index (χ0v) is 6.91. The van der Waals surface area contributed by atoms with Crippen molar-refractivity contribution in [3.05, 3.63) is 29.8 Å². The van der Waals surface area contributed by atoms with Crippen LogP contribution in [0.15, 0.2) is 24.3 Å². The second-order valence-corrected chi connectivity index (χ2v) is 2.55. The Balaban J connectivity index is 2.86. The maximum atomic E-state index is 9.29. The molecule has 0 saturated heterocycles. The van der Waals surface area contributed by atoms with Gasteiger partial charge in [0.05, 0.1) is 5.69 Å². The van der Waals surface area contributed by atoms with Gasteiger partial charge in [-0.25, -0.2) is 0 Å². The average Bonchev–Trinajstić information content (AvgIpc) is 2.03. The lowest BCUT2D eigenvalue weighted by atomic mass is 10.2. The van der Waals surface area contributed by atoms with Gasteiger partial charge in [0.1, 0.15) is 0 Å². The highest BCUT2D eigenvalue weighted by molar-refractivity contribution is 5.45. The maximum absolute atomic E-state index is 9.29. The van der Waals surface area contributed by atoms with Gasteiger partial charge in [-0.3, -0.25) is 10.3 Å². The van der Waals surface area contributed by atoms with Crippen LogP contribution in [0.25, 0.3) is 0 Å². The maximum Gasteiger partial charge on any atom is 0.0636 e. The summed E-state index contributed by atoms with van der Waals surface area (Å²) < 4.78 is 0. The van der Waals surface area contributed by atoms with E-state index in [0.29, 0.717) is 6.54 Å². The number of anilines is 1. The Labute approximate surface area is 67.0 Å². The van der Waals surface area contributed by atoms with Crippen molar-refractivity contribution in [2.45, 2.75) is 13.8 Å². The van der Waals surface area contributed by atoms with E-state index in [9.17, 15) is 5.21 Å². The summed E-state index contributed by atoms with van der Waals surface area (Å²) in [6, 6.07) is 7.77. The predicted octanol–water partition coefficient (Wildman–Crippen LogP) is 2.21. The molecule has 0 fully saturated rings. The fraction of sp³-hybridized carbons (Fsp3) is 0.333. The van der Waals surface area contributed by atoms with Crippen LogP contribution in [0, 0.1) is 6.92 Å². The lowest BCUT2D eigenvalue weighted by Gasteiger charge is -2.14. The molecule has 2 nitrogen and oxygen atoms in total. The van der Waals surface area contributed by atoms with E-state index < -0.39 is 0 Å². The van der Waals surface area contributed by atoms with E-state index in [4.69, 9.17) is 0 Å². The third-order valence-electron chi connectivity index (χ3n) is 1.60. The van der Waals surface area contributed by atoms with Gasteiger partial charge >= 0.3 is 0 Å². The van der Waals surface area contributed by atoms with E-state index >= 15 is 0 Å². The molecule has 0 heterocycles. The van der Waals surface area contributed by atoms with Crippen molar-refractivity contribution in [2.75, 3.05) is 11.6 Å². The molecule has 0 spiro atoms. The fourth-order valence-corrected chi connectivity index (χ4v) is 0.971. The van der Waals surface area contributed by atoms with Crippen molar-refractivity contribution in [2.24, 2.45) is 0 Å². The number of hydroxylamine groups is 1. The molecule has 0 aliphatic rings. The average molecular weight is 151 g/mol. The Morgan fingerprint density at radius 2 is 2.18 bits per heavy atom. The molecular weight excluding hydrogens is 138 g/mol. The molecule has 2 heteroatoms. The Kier molecular flexibility index (Phi) is 2.49. The summed E-state index contributed by atoms with van der Waals surface area (Å²) in [5.74, 6) is 0. The van der Waals surface area contributed by atoms with Crippen LogP contribution >= 0.6 is 0 Å². The minimum absolute atomic E-state index is 0.615. The normalized spacial score (nSPS) is 9.73. The first-order valence-corrected chi connectivity index (χ1v) is 3.77. The second kappa shape index (κ2) is 3.39. The fourth-order valence-electron chi connectivity index (χ4n) is 0.971. The molecule has 0 amide bonds. The Morgan fingerprint density at radius 1 is 1.45 bits per heavy atom. The summed E-state index contributed by atoms with van der Waals surface area (Å²) in [4.78, 5) is 0. The molecule has 0 bridgehead atoms. The topological polar surface area (TPSA) is 23.5 Å². The third-order valence-corrected chi connectivity index (χ3v) is 1.60. The minimum Gasteiger partial charge on any atom is -0.288 e. The standard InChI is InChI=1S/C9H13NO/c1-3-10(11)9-6-4-5-8(2)7-9/h4-7,11H,3H2,1-2H3.